The number of hydrogen-bond donors (Lipinski definition) is 1. The summed E-state index contributed by atoms with van der Waals surface area (Å²) in [7, 11) is 0. The van der Waals surface area contributed by atoms with Crippen LogP contribution in [0.4, 0.5) is 10.1 Å². The highest BCUT2D eigenvalue weighted by Gasteiger charge is 2.44. The summed E-state index contributed by atoms with van der Waals surface area (Å²) in [5.74, 6) is -0.498. The number of rotatable bonds is 3. The molecule has 1 heterocycles. The van der Waals surface area contributed by atoms with E-state index in [0.29, 0.717) is 21.1 Å². The Balaban J connectivity index is 1.93. The molecule has 1 aromatic carbocycles. The lowest BCUT2D eigenvalue weighted by Crippen LogP contribution is -2.35. The molecule has 1 aliphatic heterocycles. The molecule has 0 radical (unpaired) electrons. The molecule has 2 aliphatic rings. The molecule has 0 unspecified atom stereocenters. The van der Waals surface area contributed by atoms with Crippen molar-refractivity contribution in [3.63, 3.8) is 0 Å². The first-order chi connectivity index (χ1) is 10.1. The van der Waals surface area contributed by atoms with Crippen molar-refractivity contribution in [2.45, 2.75) is 32.1 Å². The molecular weight excluding hydrogens is 335 g/mol. The Bertz CT molecular complexity index is 597. The number of benzene rings is 1. The molecule has 0 bridgehead atoms. The van der Waals surface area contributed by atoms with E-state index in [-0.39, 0.29) is 18.6 Å². The Hall–Kier alpha value is -1.12. The van der Waals surface area contributed by atoms with E-state index in [2.05, 4.69) is 20.8 Å². The van der Waals surface area contributed by atoms with Crippen molar-refractivity contribution in [2.24, 2.45) is 5.41 Å². The van der Waals surface area contributed by atoms with Crippen LogP contribution in [-0.2, 0) is 6.42 Å². The highest BCUT2D eigenvalue weighted by molar-refractivity contribution is 9.10. The monoisotopic (exact) mass is 352 g/mol. The summed E-state index contributed by atoms with van der Waals surface area (Å²) < 4.78 is 15.1. The molecule has 112 valence electrons. The van der Waals surface area contributed by atoms with Crippen molar-refractivity contribution in [1.82, 2.24) is 0 Å². The average Bonchev–Trinajstić information content (AvgIpc) is 3.23. The maximum absolute atomic E-state index is 14.5. The second kappa shape index (κ2) is 5.58. The highest BCUT2D eigenvalue weighted by atomic mass is 79.9. The van der Waals surface area contributed by atoms with Crippen molar-refractivity contribution >= 4 is 21.6 Å². The largest absolute Gasteiger partial charge is 0.396 e. The van der Waals surface area contributed by atoms with Gasteiger partial charge in [-0.15, -0.1) is 0 Å². The van der Waals surface area contributed by atoms with Crippen LogP contribution in [0, 0.1) is 22.6 Å². The summed E-state index contributed by atoms with van der Waals surface area (Å²) >= 11 is 3.38. The minimum absolute atomic E-state index is 0.105. The fourth-order valence-electron chi connectivity index (χ4n) is 3.24. The quantitative estimate of drug-likeness (QED) is 0.906. The Labute approximate surface area is 132 Å². The SMILES string of the molecule is N#Cc1c(N2CCC3(CC2)CC3)cc(Br)c(CCO)c1F. The Morgan fingerprint density at radius 2 is 2.00 bits per heavy atom. The minimum Gasteiger partial charge on any atom is -0.396 e. The molecule has 2 fully saturated rings. The van der Waals surface area contributed by atoms with Gasteiger partial charge >= 0.3 is 0 Å². The van der Waals surface area contributed by atoms with Crippen LogP contribution in [0.1, 0.15) is 36.8 Å². The highest BCUT2D eigenvalue weighted by Crippen LogP contribution is 2.54. The summed E-state index contributed by atoms with van der Waals surface area (Å²) in [6, 6.07) is 3.84. The van der Waals surface area contributed by atoms with Gasteiger partial charge in [-0.1, -0.05) is 15.9 Å². The summed E-state index contributed by atoms with van der Waals surface area (Å²) in [6.45, 7) is 1.64. The molecule has 1 saturated heterocycles. The molecule has 5 heteroatoms. The van der Waals surface area contributed by atoms with Crippen LogP contribution >= 0.6 is 15.9 Å². The van der Waals surface area contributed by atoms with Gasteiger partial charge in [0.15, 0.2) is 0 Å². The fraction of sp³-hybridized carbons (Fsp3) is 0.562. The number of aliphatic hydroxyl groups is 1. The van der Waals surface area contributed by atoms with Crippen LogP contribution in [0.5, 0.6) is 0 Å². The lowest BCUT2D eigenvalue weighted by Gasteiger charge is -2.34. The second-order valence-corrected chi connectivity index (χ2v) is 6.97. The van der Waals surface area contributed by atoms with Gasteiger partial charge in [0.05, 0.1) is 5.69 Å². The zero-order valence-electron chi connectivity index (χ0n) is 11.8. The van der Waals surface area contributed by atoms with Gasteiger partial charge < -0.3 is 10.0 Å². The standard InChI is InChI=1S/C16H18BrFN2O/c17-13-9-14(12(10-19)15(18)11(13)1-8-21)20-6-4-16(2-3-16)5-7-20/h9,21H,1-8H2. The molecule has 3 rings (SSSR count). The number of halogens is 2. The molecule has 1 N–H and O–H groups in total. The molecule has 1 saturated carbocycles. The van der Waals surface area contributed by atoms with E-state index in [4.69, 9.17) is 5.11 Å². The van der Waals surface area contributed by atoms with Crippen LogP contribution in [0.15, 0.2) is 10.5 Å². The van der Waals surface area contributed by atoms with E-state index >= 15 is 0 Å². The maximum atomic E-state index is 14.5. The van der Waals surface area contributed by atoms with E-state index in [1.54, 1.807) is 0 Å². The maximum Gasteiger partial charge on any atom is 0.147 e. The zero-order chi connectivity index (χ0) is 15.0. The summed E-state index contributed by atoms with van der Waals surface area (Å²) in [5.41, 5.74) is 1.72. The lowest BCUT2D eigenvalue weighted by atomic mass is 9.92. The molecule has 0 atom stereocenters. The number of nitrogens with zero attached hydrogens (tertiary/aromatic N) is 2. The number of piperidine rings is 1. The summed E-state index contributed by atoms with van der Waals surface area (Å²) in [5, 5.41) is 18.4. The molecule has 21 heavy (non-hydrogen) atoms. The van der Waals surface area contributed by atoms with Crippen LogP contribution in [-0.4, -0.2) is 24.8 Å². The Morgan fingerprint density at radius 3 is 2.52 bits per heavy atom. The number of nitriles is 1. The van der Waals surface area contributed by atoms with Crippen LogP contribution in [0.25, 0.3) is 0 Å². The van der Waals surface area contributed by atoms with Crippen LogP contribution < -0.4 is 4.90 Å². The van der Waals surface area contributed by atoms with Gasteiger partial charge in [-0.2, -0.15) is 5.26 Å². The average molecular weight is 353 g/mol. The third-order valence-corrected chi connectivity index (χ3v) is 5.60. The first-order valence-corrected chi connectivity index (χ1v) is 8.16. The number of anilines is 1. The molecule has 0 aromatic heterocycles. The van der Waals surface area contributed by atoms with Gasteiger partial charge in [0.1, 0.15) is 17.4 Å². The van der Waals surface area contributed by atoms with Crippen molar-refractivity contribution in [2.75, 3.05) is 24.6 Å². The summed E-state index contributed by atoms with van der Waals surface area (Å²) in [6.07, 6.45) is 5.12. The van der Waals surface area contributed by atoms with Gasteiger partial charge in [-0.3, -0.25) is 0 Å². The molecule has 1 aromatic rings. The predicted molar refractivity (Wildman–Crippen MR) is 82.7 cm³/mol. The van der Waals surface area contributed by atoms with Crippen molar-refractivity contribution < 1.29 is 9.50 Å². The van der Waals surface area contributed by atoms with Crippen molar-refractivity contribution in [1.29, 1.82) is 5.26 Å². The zero-order valence-corrected chi connectivity index (χ0v) is 13.4. The van der Waals surface area contributed by atoms with E-state index < -0.39 is 5.82 Å². The topological polar surface area (TPSA) is 47.3 Å². The molecule has 0 amide bonds. The van der Waals surface area contributed by atoms with Crippen LogP contribution in [0.3, 0.4) is 0 Å². The van der Waals surface area contributed by atoms with E-state index in [1.165, 1.54) is 12.8 Å². The van der Waals surface area contributed by atoms with E-state index in [1.807, 2.05) is 12.1 Å². The molecule has 1 spiro atoms. The third kappa shape index (κ3) is 2.67. The first kappa shape index (κ1) is 14.8. The van der Waals surface area contributed by atoms with Crippen LogP contribution in [0.2, 0.25) is 0 Å². The summed E-state index contributed by atoms with van der Waals surface area (Å²) in [4.78, 5) is 2.12. The van der Waals surface area contributed by atoms with Crippen molar-refractivity contribution in [3.8, 4) is 6.07 Å². The Morgan fingerprint density at radius 1 is 1.33 bits per heavy atom. The number of hydrogen-bond acceptors (Lipinski definition) is 3. The van der Waals surface area contributed by atoms with Gasteiger partial charge in [-0.25, -0.2) is 4.39 Å². The van der Waals surface area contributed by atoms with E-state index in [0.717, 1.165) is 25.9 Å². The minimum atomic E-state index is -0.498. The Kier molecular flexibility index (Phi) is 3.94. The normalized spacial score (nSPS) is 19.6. The predicted octanol–water partition coefficient (Wildman–Crippen LogP) is 3.38. The number of aliphatic hydroxyl groups excluding tert-OH is 1. The molecular formula is C16H18BrFN2O. The van der Waals surface area contributed by atoms with Gasteiger partial charge in [0, 0.05) is 29.7 Å². The van der Waals surface area contributed by atoms with Gasteiger partial charge in [0.2, 0.25) is 0 Å². The molecule has 1 aliphatic carbocycles. The molecule has 3 nitrogen and oxygen atoms in total. The first-order valence-electron chi connectivity index (χ1n) is 7.37. The lowest BCUT2D eigenvalue weighted by molar-refractivity contribution is 0.297. The smallest absolute Gasteiger partial charge is 0.147 e. The van der Waals surface area contributed by atoms with Gasteiger partial charge in [0.25, 0.3) is 0 Å². The van der Waals surface area contributed by atoms with Crippen molar-refractivity contribution in [3.05, 3.63) is 27.5 Å². The van der Waals surface area contributed by atoms with E-state index in [9.17, 15) is 9.65 Å². The second-order valence-electron chi connectivity index (χ2n) is 6.12. The van der Waals surface area contributed by atoms with Gasteiger partial charge in [-0.05, 0) is 43.6 Å². The third-order valence-electron chi connectivity index (χ3n) is 4.89. The fourth-order valence-corrected chi connectivity index (χ4v) is 3.83.